The van der Waals surface area contributed by atoms with Gasteiger partial charge < -0.3 is 4.74 Å². The van der Waals surface area contributed by atoms with Crippen LogP contribution in [0.15, 0.2) is 53.4 Å². The van der Waals surface area contributed by atoms with E-state index in [-0.39, 0.29) is 11.7 Å². The number of nitrogens with one attached hydrogen (secondary N) is 2. The normalized spacial score (nSPS) is 12.1. The number of hydrogen-bond donors (Lipinski definition) is 2. The van der Waals surface area contributed by atoms with Crippen LogP contribution in [0.2, 0.25) is 0 Å². The zero-order chi connectivity index (χ0) is 20.2. The molecule has 0 unspecified atom stereocenters. The molecular formula is C17H17F3N2O4S. The van der Waals surface area contributed by atoms with Gasteiger partial charge in [-0.2, -0.15) is 13.2 Å². The van der Waals surface area contributed by atoms with Crippen molar-refractivity contribution in [2.75, 3.05) is 0 Å². The molecule has 0 saturated carbocycles. The summed E-state index contributed by atoms with van der Waals surface area (Å²) in [4.78, 5) is 13.4. The second-order valence-corrected chi connectivity index (χ2v) is 7.46. The monoisotopic (exact) mass is 402 g/mol. The van der Waals surface area contributed by atoms with E-state index in [4.69, 9.17) is 4.74 Å². The van der Waals surface area contributed by atoms with Crippen LogP contribution in [0.1, 0.15) is 29.8 Å². The SMILES string of the molecule is CC(C)Oc1ccc(C(=O)NNS(=O)(=O)c2ccc(C(F)(F)F)cc2)cc1. The molecule has 0 aliphatic heterocycles. The zero-order valence-electron chi connectivity index (χ0n) is 14.4. The van der Waals surface area contributed by atoms with E-state index in [1.54, 1.807) is 12.1 Å². The van der Waals surface area contributed by atoms with E-state index < -0.39 is 32.6 Å². The van der Waals surface area contributed by atoms with Crippen LogP contribution in [0.25, 0.3) is 0 Å². The van der Waals surface area contributed by atoms with Crippen LogP contribution in [0.3, 0.4) is 0 Å². The highest BCUT2D eigenvalue weighted by molar-refractivity contribution is 7.89. The molecule has 2 N–H and O–H groups in total. The summed E-state index contributed by atoms with van der Waals surface area (Å²) in [6.07, 6.45) is -4.62. The fourth-order valence-corrected chi connectivity index (χ4v) is 2.86. The highest BCUT2D eigenvalue weighted by atomic mass is 32.2. The fourth-order valence-electron chi connectivity index (χ4n) is 2.02. The molecule has 0 aliphatic rings. The summed E-state index contributed by atoms with van der Waals surface area (Å²) < 4.78 is 67.2. The first-order valence-electron chi connectivity index (χ1n) is 7.75. The molecular weight excluding hydrogens is 385 g/mol. The molecule has 27 heavy (non-hydrogen) atoms. The van der Waals surface area contributed by atoms with Gasteiger partial charge in [0.1, 0.15) is 5.75 Å². The van der Waals surface area contributed by atoms with Gasteiger partial charge in [0.2, 0.25) is 0 Å². The maximum atomic E-state index is 12.5. The van der Waals surface area contributed by atoms with Crippen molar-refractivity contribution in [3.63, 3.8) is 0 Å². The molecule has 0 aromatic heterocycles. The summed E-state index contributed by atoms with van der Waals surface area (Å²) in [7, 11) is -4.22. The first-order chi connectivity index (χ1) is 12.5. The quantitative estimate of drug-likeness (QED) is 0.728. The summed E-state index contributed by atoms with van der Waals surface area (Å²) in [6, 6.07) is 8.88. The lowest BCUT2D eigenvalue weighted by molar-refractivity contribution is -0.137. The Hall–Kier alpha value is -2.59. The number of hydrogen-bond acceptors (Lipinski definition) is 4. The van der Waals surface area contributed by atoms with Crippen LogP contribution in [-0.2, 0) is 16.2 Å². The van der Waals surface area contributed by atoms with E-state index in [1.807, 2.05) is 24.1 Å². The van der Waals surface area contributed by atoms with Gasteiger partial charge in [0, 0.05) is 5.56 Å². The molecule has 2 rings (SSSR count). The summed E-state index contributed by atoms with van der Waals surface area (Å²) >= 11 is 0. The van der Waals surface area contributed by atoms with Crippen molar-refractivity contribution in [2.24, 2.45) is 0 Å². The third-order valence-electron chi connectivity index (χ3n) is 3.28. The number of benzene rings is 2. The molecule has 146 valence electrons. The van der Waals surface area contributed by atoms with Crippen molar-refractivity contribution in [3.8, 4) is 5.75 Å². The lowest BCUT2D eigenvalue weighted by Gasteiger charge is -2.11. The Balaban J connectivity index is 2.03. The Kier molecular flexibility index (Phi) is 6.11. The van der Waals surface area contributed by atoms with Gasteiger partial charge in [0.25, 0.3) is 15.9 Å². The average molecular weight is 402 g/mol. The van der Waals surface area contributed by atoms with Crippen molar-refractivity contribution in [3.05, 3.63) is 59.7 Å². The number of sulfonamides is 1. The van der Waals surface area contributed by atoms with Crippen LogP contribution in [-0.4, -0.2) is 20.4 Å². The first-order valence-corrected chi connectivity index (χ1v) is 9.23. The number of hydrazine groups is 1. The Morgan fingerprint density at radius 2 is 1.56 bits per heavy atom. The molecule has 10 heteroatoms. The Morgan fingerprint density at radius 3 is 2.04 bits per heavy atom. The predicted octanol–water partition coefficient (Wildman–Crippen LogP) is 3.12. The lowest BCUT2D eigenvalue weighted by atomic mass is 10.2. The first kappa shape index (κ1) is 20.7. The van der Waals surface area contributed by atoms with Crippen LogP contribution in [0, 0.1) is 0 Å². The highest BCUT2D eigenvalue weighted by Gasteiger charge is 2.30. The highest BCUT2D eigenvalue weighted by Crippen LogP contribution is 2.29. The van der Waals surface area contributed by atoms with Crippen molar-refractivity contribution < 1.29 is 31.1 Å². The van der Waals surface area contributed by atoms with E-state index in [2.05, 4.69) is 0 Å². The molecule has 2 aromatic rings. The van der Waals surface area contributed by atoms with Crippen molar-refractivity contribution >= 4 is 15.9 Å². The third-order valence-corrected chi connectivity index (χ3v) is 4.54. The number of amides is 1. The smallest absolute Gasteiger partial charge is 0.416 e. The van der Waals surface area contributed by atoms with Gasteiger partial charge in [-0.05, 0) is 62.4 Å². The number of carbonyl (C=O) groups is 1. The van der Waals surface area contributed by atoms with Crippen molar-refractivity contribution in [1.29, 1.82) is 0 Å². The van der Waals surface area contributed by atoms with E-state index in [9.17, 15) is 26.4 Å². The Labute approximate surface area is 154 Å². The number of alkyl halides is 3. The maximum absolute atomic E-state index is 12.5. The summed E-state index contributed by atoms with van der Waals surface area (Å²) in [5.41, 5.74) is 1.19. The fraction of sp³-hybridized carbons (Fsp3) is 0.235. The van der Waals surface area contributed by atoms with Gasteiger partial charge in [-0.25, -0.2) is 8.42 Å². The minimum Gasteiger partial charge on any atom is -0.491 e. The molecule has 2 aromatic carbocycles. The maximum Gasteiger partial charge on any atom is 0.416 e. The number of rotatable bonds is 6. The van der Waals surface area contributed by atoms with Gasteiger partial charge in [-0.15, -0.1) is 4.83 Å². The minimum atomic E-state index is -4.57. The number of ether oxygens (including phenoxy) is 1. The molecule has 0 heterocycles. The molecule has 0 saturated heterocycles. The molecule has 0 aliphatic carbocycles. The number of halogens is 3. The molecule has 0 spiro atoms. The summed E-state index contributed by atoms with van der Waals surface area (Å²) in [5.74, 6) is -0.187. The average Bonchev–Trinajstić information content (AvgIpc) is 2.59. The third kappa shape index (κ3) is 5.69. The van der Waals surface area contributed by atoms with E-state index >= 15 is 0 Å². The molecule has 0 radical (unpaired) electrons. The van der Waals surface area contributed by atoms with E-state index in [0.29, 0.717) is 17.9 Å². The van der Waals surface area contributed by atoms with Crippen molar-refractivity contribution in [1.82, 2.24) is 10.3 Å². The van der Waals surface area contributed by atoms with Crippen LogP contribution in [0.5, 0.6) is 5.75 Å². The van der Waals surface area contributed by atoms with Gasteiger partial charge in [0.15, 0.2) is 0 Å². The zero-order valence-corrected chi connectivity index (χ0v) is 15.2. The largest absolute Gasteiger partial charge is 0.491 e. The number of carbonyl (C=O) groups excluding carboxylic acids is 1. The van der Waals surface area contributed by atoms with E-state index in [0.717, 1.165) is 12.1 Å². The van der Waals surface area contributed by atoms with Crippen LogP contribution < -0.4 is 15.0 Å². The molecule has 1 amide bonds. The summed E-state index contributed by atoms with van der Waals surface area (Å²) in [6.45, 7) is 3.69. The van der Waals surface area contributed by atoms with Crippen LogP contribution in [0.4, 0.5) is 13.2 Å². The van der Waals surface area contributed by atoms with Crippen molar-refractivity contribution in [2.45, 2.75) is 31.0 Å². The van der Waals surface area contributed by atoms with Gasteiger partial charge >= 0.3 is 6.18 Å². The van der Waals surface area contributed by atoms with Gasteiger partial charge in [0.05, 0.1) is 16.6 Å². The lowest BCUT2D eigenvalue weighted by Crippen LogP contribution is -2.41. The predicted molar refractivity (Wildman–Crippen MR) is 91.4 cm³/mol. The summed E-state index contributed by atoms with van der Waals surface area (Å²) in [5, 5.41) is 0. The second kappa shape index (κ2) is 7.97. The second-order valence-electron chi connectivity index (χ2n) is 5.77. The topological polar surface area (TPSA) is 84.5 Å². The minimum absolute atomic E-state index is 0.0415. The van der Waals surface area contributed by atoms with Gasteiger partial charge in [-0.3, -0.25) is 10.2 Å². The molecule has 0 atom stereocenters. The standard InChI is InChI=1S/C17H17F3N2O4S/c1-11(2)26-14-7-3-12(4-8-14)16(23)21-22-27(24,25)15-9-5-13(6-10-15)17(18,19)20/h3-11,22H,1-2H3,(H,21,23). The Bertz CT molecular complexity index is 893. The van der Waals surface area contributed by atoms with E-state index in [1.165, 1.54) is 12.1 Å². The Morgan fingerprint density at radius 1 is 1.00 bits per heavy atom. The molecule has 0 fully saturated rings. The van der Waals surface area contributed by atoms with Gasteiger partial charge in [-0.1, -0.05) is 0 Å². The molecule has 0 bridgehead atoms. The molecule has 6 nitrogen and oxygen atoms in total. The van der Waals surface area contributed by atoms with Crippen LogP contribution >= 0.6 is 0 Å².